The molecular weight excluding hydrogens is 155 g/mol. The minimum absolute atomic E-state index is 0. The van der Waals surface area contributed by atoms with Crippen LogP contribution in [0.25, 0.3) is 0 Å². The second kappa shape index (κ2) is 4.50. The van der Waals surface area contributed by atoms with Crippen LogP contribution in [-0.4, -0.2) is 4.98 Å². The van der Waals surface area contributed by atoms with Crippen molar-refractivity contribution >= 4 is 0 Å². The molecule has 0 aliphatic rings. The molecule has 0 bridgehead atoms. The Morgan fingerprint density at radius 3 is 2.56 bits per heavy atom. The minimum atomic E-state index is 0. The predicted molar refractivity (Wildman–Crippen MR) is 32.1 cm³/mol. The first kappa shape index (κ1) is 8.63. The molecule has 0 atom stereocenters. The van der Waals surface area contributed by atoms with Gasteiger partial charge in [-0.05, 0) is 12.1 Å². The molecule has 2 nitrogen and oxygen atoms in total. The van der Waals surface area contributed by atoms with Gasteiger partial charge in [-0.25, -0.2) is 0 Å². The van der Waals surface area contributed by atoms with E-state index in [1.807, 2.05) is 18.2 Å². The van der Waals surface area contributed by atoms with E-state index in [0.29, 0.717) is 6.54 Å². The van der Waals surface area contributed by atoms with Crippen LogP contribution in [0.3, 0.4) is 0 Å². The number of rotatable bonds is 1. The van der Waals surface area contributed by atoms with Gasteiger partial charge < -0.3 is 5.73 Å². The molecule has 1 aromatic rings. The summed E-state index contributed by atoms with van der Waals surface area (Å²) in [5, 5.41) is 0. The Balaban J connectivity index is 0.000000640. The van der Waals surface area contributed by atoms with Crippen LogP contribution in [0.2, 0.25) is 0 Å². The van der Waals surface area contributed by atoms with Crippen molar-refractivity contribution in [1.29, 1.82) is 0 Å². The van der Waals surface area contributed by atoms with E-state index in [1.54, 1.807) is 6.20 Å². The van der Waals surface area contributed by atoms with Gasteiger partial charge in [-0.15, -0.1) is 0 Å². The van der Waals surface area contributed by atoms with Crippen molar-refractivity contribution in [2.24, 2.45) is 5.73 Å². The Morgan fingerprint density at radius 1 is 1.44 bits per heavy atom. The molecule has 0 saturated heterocycles. The molecular formula is C6H8MnN2. The van der Waals surface area contributed by atoms with Crippen LogP contribution in [0, 0.1) is 0 Å². The summed E-state index contributed by atoms with van der Waals surface area (Å²) in [6.07, 6.45) is 1.74. The average molecular weight is 163 g/mol. The second-order valence-electron chi connectivity index (χ2n) is 1.53. The summed E-state index contributed by atoms with van der Waals surface area (Å²) in [7, 11) is 0. The van der Waals surface area contributed by atoms with Gasteiger partial charge in [0.1, 0.15) is 0 Å². The number of aromatic nitrogens is 1. The normalized spacial score (nSPS) is 8.11. The Bertz CT molecular complexity index is 152. The van der Waals surface area contributed by atoms with E-state index in [-0.39, 0.29) is 17.1 Å². The molecule has 49 valence electrons. The molecule has 1 radical (unpaired) electrons. The fourth-order valence-electron chi connectivity index (χ4n) is 0.519. The molecule has 3 heteroatoms. The molecule has 9 heavy (non-hydrogen) atoms. The predicted octanol–water partition coefficient (Wildman–Crippen LogP) is 0.538. The van der Waals surface area contributed by atoms with Gasteiger partial charge >= 0.3 is 0 Å². The van der Waals surface area contributed by atoms with Crippen molar-refractivity contribution in [1.82, 2.24) is 4.98 Å². The minimum Gasteiger partial charge on any atom is -0.325 e. The quantitative estimate of drug-likeness (QED) is 0.613. The summed E-state index contributed by atoms with van der Waals surface area (Å²) >= 11 is 0. The summed E-state index contributed by atoms with van der Waals surface area (Å²) < 4.78 is 0. The SMILES string of the molecule is NCc1ccccn1.[Mn]. The molecule has 1 heterocycles. The van der Waals surface area contributed by atoms with Crippen LogP contribution in [0.5, 0.6) is 0 Å². The largest absolute Gasteiger partial charge is 0.325 e. The summed E-state index contributed by atoms with van der Waals surface area (Å²) in [5.41, 5.74) is 6.22. The topological polar surface area (TPSA) is 38.9 Å². The van der Waals surface area contributed by atoms with E-state index in [2.05, 4.69) is 4.98 Å². The van der Waals surface area contributed by atoms with Gasteiger partial charge in [0.15, 0.2) is 0 Å². The second-order valence-corrected chi connectivity index (χ2v) is 1.53. The third-order valence-electron chi connectivity index (χ3n) is 0.935. The van der Waals surface area contributed by atoms with Gasteiger partial charge in [0, 0.05) is 29.8 Å². The number of nitrogens with two attached hydrogens (primary N) is 1. The molecule has 0 fully saturated rings. The van der Waals surface area contributed by atoms with Gasteiger partial charge in [0.2, 0.25) is 0 Å². The number of hydrogen-bond donors (Lipinski definition) is 1. The zero-order valence-corrected chi connectivity index (χ0v) is 6.10. The Kier molecular flexibility index (Phi) is 4.32. The first-order chi connectivity index (χ1) is 3.93. The van der Waals surface area contributed by atoms with Gasteiger partial charge in [-0.1, -0.05) is 6.07 Å². The van der Waals surface area contributed by atoms with Gasteiger partial charge in [0.25, 0.3) is 0 Å². The molecule has 0 aliphatic carbocycles. The standard InChI is InChI=1S/C6H8N2.Mn/c7-5-6-3-1-2-4-8-6;/h1-4H,5,7H2;. The van der Waals surface area contributed by atoms with E-state index < -0.39 is 0 Å². The first-order valence-electron chi connectivity index (χ1n) is 2.53. The number of hydrogen-bond acceptors (Lipinski definition) is 2. The molecule has 2 N–H and O–H groups in total. The van der Waals surface area contributed by atoms with E-state index in [9.17, 15) is 0 Å². The van der Waals surface area contributed by atoms with E-state index in [4.69, 9.17) is 5.73 Å². The summed E-state index contributed by atoms with van der Waals surface area (Å²) in [4.78, 5) is 3.97. The molecule has 0 amide bonds. The zero-order chi connectivity index (χ0) is 5.82. The van der Waals surface area contributed by atoms with E-state index in [0.717, 1.165) is 5.69 Å². The Labute approximate surface area is 65.0 Å². The summed E-state index contributed by atoms with van der Waals surface area (Å²) in [6.45, 7) is 0.529. The average Bonchev–Trinajstić information content (AvgIpc) is 1.90. The maximum absolute atomic E-state index is 5.29. The molecule has 0 unspecified atom stereocenters. The van der Waals surface area contributed by atoms with Crippen molar-refractivity contribution in [3.05, 3.63) is 30.1 Å². The summed E-state index contributed by atoms with van der Waals surface area (Å²) in [5.74, 6) is 0. The summed E-state index contributed by atoms with van der Waals surface area (Å²) in [6, 6.07) is 5.70. The van der Waals surface area contributed by atoms with Crippen LogP contribution in [-0.2, 0) is 23.6 Å². The smallest absolute Gasteiger partial charge is 0.0539 e. The molecule has 1 aromatic heterocycles. The Hall–Kier alpha value is -0.371. The van der Waals surface area contributed by atoms with Gasteiger partial charge in [0.05, 0.1) is 5.69 Å². The molecule has 0 spiro atoms. The van der Waals surface area contributed by atoms with Crippen molar-refractivity contribution in [3.8, 4) is 0 Å². The van der Waals surface area contributed by atoms with Crippen LogP contribution < -0.4 is 5.73 Å². The molecule has 0 aliphatic heterocycles. The van der Waals surface area contributed by atoms with Crippen molar-refractivity contribution in [2.75, 3.05) is 0 Å². The fraction of sp³-hybridized carbons (Fsp3) is 0.167. The zero-order valence-electron chi connectivity index (χ0n) is 4.92. The maximum Gasteiger partial charge on any atom is 0.0539 e. The monoisotopic (exact) mass is 163 g/mol. The van der Waals surface area contributed by atoms with Crippen molar-refractivity contribution in [3.63, 3.8) is 0 Å². The molecule has 0 saturated carbocycles. The fourth-order valence-corrected chi connectivity index (χ4v) is 0.519. The van der Waals surface area contributed by atoms with Crippen LogP contribution in [0.4, 0.5) is 0 Å². The molecule has 0 aromatic carbocycles. The van der Waals surface area contributed by atoms with E-state index in [1.165, 1.54) is 0 Å². The number of nitrogens with zero attached hydrogens (tertiary/aromatic N) is 1. The first-order valence-corrected chi connectivity index (χ1v) is 2.53. The molecule has 1 rings (SSSR count). The maximum atomic E-state index is 5.29. The number of pyridine rings is 1. The third kappa shape index (κ3) is 2.61. The Morgan fingerprint density at radius 2 is 2.22 bits per heavy atom. The van der Waals surface area contributed by atoms with E-state index >= 15 is 0 Å². The third-order valence-corrected chi connectivity index (χ3v) is 0.935. The van der Waals surface area contributed by atoms with Crippen molar-refractivity contribution in [2.45, 2.75) is 6.54 Å². The van der Waals surface area contributed by atoms with Crippen LogP contribution in [0.1, 0.15) is 5.69 Å². The van der Waals surface area contributed by atoms with Crippen LogP contribution in [0.15, 0.2) is 24.4 Å². The van der Waals surface area contributed by atoms with Gasteiger partial charge in [-0.3, -0.25) is 4.98 Å². The van der Waals surface area contributed by atoms with Crippen LogP contribution >= 0.6 is 0 Å². The van der Waals surface area contributed by atoms with Gasteiger partial charge in [-0.2, -0.15) is 0 Å². The van der Waals surface area contributed by atoms with Crippen molar-refractivity contribution < 1.29 is 17.1 Å².